The van der Waals surface area contributed by atoms with Gasteiger partial charge in [-0.2, -0.15) is 13.2 Å². The van der Waals surface area contributed by atoms with Crippen LogP contribution < -0.4 is 9.47 Å². The minimum atomic E-state index is -4.52. The highest BCUT2D eigenvalue weighted by molar-refractivity contribution is 5.83. The van der Waals surface area contributed by atoms with Gasteiger partial charge in [0.2, 0.25) is 0 Å². The maximum Gasteiger partial charge on any atom is 0.419 e. The Balaban J connectivity index is 1.52. The Morgan fingerprint density at radius 1 is 1.14 bits per heavy atom. The number of hydrogen-bond donors (Lipinski definition) is 0. The van der Waals surface area contributed by atoms with E-state index in [1.165, 1.54) is 6.07 Å². The van der Waals surface area contributed by atoms with Crippen molar-refractivity contribution in [1.29, 1.82) is 0 Å². The molecule has 0 radical (unpaired) electrons. The summed E-state index contributed by atoms with van der Waals surface area (Å²) in [7, 11) is 0. The van der Waals surface area contributed by atoms with Gasteiger partial charge in [0.15, 0.2) is 0 Å². The maximum atomic E-state index is 13.5. The average molecular weight is 490 g/mol. The molecule has 1 aliphatic rings. The number of fused-ring (bicyclic) bond motifs is 3. The summed E-state index contributed by atoms with van der Waals surface area (Å²) < 4.78 is 59.1. The highest BCUT2D eigenvalue weighted by Gasteiger charge is 2.35. The van der Waals surface area contributed by atoms with Gasteiger partial charge in [-0.05, 0) is 75.6 Å². The van der Waals surface area contributed by atoms with Gasteiger partial charge in [-0.25, -0.2) is 0 Å². The van der Waals surface area contributed by atoms with E-state index in [1.807, 2.05) is 18.2 Å². The SMILES string of the molecule is CCOC(=O)CC1CCCn2c1cc1cc(OCc3ccc(OC(C)C)c(C(F)(F)F)c3)ccc12. The molecule has 0 fully saturated rings. The van der Waals surface area contributed by atoms with Crippen LogP contribution in [-0.2, 0) is 28.9 Å². The zero-order valence-corrected chi connectivity index (χ0v) is 20.2. The fourth-order valence-corrected chi connectivity index (χ4v) is 4.63. The quantitative estimate of drug-likeness (QED) is 0.325. The highest BCUT2D eigenvalue weighted by Crippen LogP contribution is 2.38. The predicted molar refractivity (Wildman–Crippen MR) is 127 cm³/mol. The molecule has 2 aromatic carbocycles. The topological polar surface area (TPSA) is 49.7 Å². The molecule has 1 atom stereocenters. The number of rotatable bonds is 8. The summed E-state index contributed by atoms with van der Waals surface area (Å²) in [5.41, 5.74) is 1.75. The second-order valence-electron chi connectivity index (χ2n) is 9.07. The second kappa shape index (κ2) is 10.2. The number of carbonyl (C=O) groups excluding carboxylic acids is 1. The Morgan fingerprint density at radius 3 is 2.66 bits per heavy atom. The van der Waals surface area contributed by atoms with Gasteiger partial charge in [0.1, 0.15) is 18.1 Å². The van der Waals surface area contributed by atoms with Crippen molar-refractivity contribution in [1.82, 2.24) is 4.57 Å². The number of nitrogens with zero attached hydrogens (tertiary/aromatic N) is 1. The number of alkyl halides is 3. The Kier molecular flexibility index (Phi) is 7.28. The van der Waals surface area contributed by atoms with E-state index in [4.69, 9.17) is 14.2 Å². The zero-order valence-electron chi connectivity index (χ0n) is 20.2. The highest BCUT2D eigenvalue weighted by atomic mass is 19.4. The largest absolute Gasteiger partial charge is 0.490 e. The van der Waals surface area contributed by atoms with E-state index in [0.29, 0.717) is 24.3 Å². The summed E-state index contributed by atoms with van der Waals surface area (Å²) in [6.45, 7) is 6.42. The van der Waals surface area contributed by atoms with E-state index in [9.17, 15) is 18.0 Å². The molecule has 0 saturated heterocycles. The lowest BCUT2D eigenvalue weighted by atomic mass is 9.93. The Bertz CT molecular complexity index is 1200. The first-order chi connectivity index (χ1) is 16.7. The van der Waals surface area contributed by atoms with Crippen LogP contribution in [0.3, 0.4) is 0 Å². The van der Waals surface area contributed by atoms with Crippen molar-refractivity contribution >= 4 is 16.9 Å². The number of hydrogen-bond acceptors (Lipinski definition) is 4. The van der Waals surface area contributed by atoms with E-state index in [2.05, 4.69) is 10.6 Å². The lowest BCUT2D eigenvalue weighted by molar-refractivity contribution is -0.143. The number of carbonyl (C=O) groups is 1. The molecule has 3 aromatic rings. The lowest BCUT2D eigenvalue weighted by Crippen LogP contribution is -2.18. The molecule has 1 unspecified atom stereocenters. The number of benzene rings is 2. The van der Waals surface area contributed by atoms with E-state index in [0.717, 1.165) is 42.0 Å². The third kappa shape index (κ3) is 5.74. The molecule has 1 aromatic heterocycles. The Labute approximate surface area is 202 Å². The van der Waals surface area contributed by atoms with Crippen molar-refractivity contribution < 1.29 is 32.2 Å². The molecule has 1 aliphatic heterocycles. The number of aryl methyl sites for hydroxylation is 1. The molecule has 8 heteroatoms. The normalized spacial score (nSPS) is 15.8. The van der Waals surface area contributed by atoms with Gasteiger partial charge in [-0.3, -0.25) is 4.79 Å². The van der Waals surface area contributed by atoms with Crippen molar-refractivity contribution in [3.05, 3.63) is 59.3 Å². The van der Waals surface area contributed by atoms with Crippen LogP contribution in [0.2, 0.25) is 0 Å². The Morgan fingerprint density at radius 2 is 1.94 bits per heavy atom. The monoisotopic (exact) mass is 489 g/mol. The number of aromatic nitrogens is 1. The van der Waals surface area contributed by atoms with Gasteiger partial charge in [0, 0.05) is 29.1 Å². The van der Waals surface area contributed by atoms with Crippen molar-refractivity contribution in [2.75, 3.05) is 6.61 Å². The van der Waals surface area contributed by atoms with Crippen LogP contribution in [0.25, 0.3) is 10.9 Å². The number of ether oxygens (including phenoxy) is 3. The van der Waals surface area contributed by atoms with Gasteiger partial charge in [0.05, 0.1) is 24.7 Å². The van der Waals surface area contributed by atoms with Gasteiger partial charge in [-0.1, -0.05) is 6.07 Å². The minimum Gasteiger partial charge on any atom is -0.490 e. The lowest BCUT2D eigenvalue weighted by Gasteiger charge is -2.24. The zero-order chi connectivity index (χ0) is 25.2. The maximum absolute atomic E-state index is 13.5. The van der Waals surface area contributed by atoms with Gasteiger partial charge < -0.3 is 18.8 Å². The van der Waals surface area contributed by atoms with Crippen LogP contribution in [0.1, 0.15) is 62.8 Å². The summed E-state index contributed by atoms with van der Waals surface area (Å²) in [6.07, 6.45) is -2.63. The van der Waals surface area contributed by atoms with Gasteiger partial charge >= 0.3 is 12.1 Å². The molecule has 5 nitrogen and oxygen atoms in total. The van der Waals surface area contributed by atoms with Crippen molar-refractivity contribution in [2.45, 2.75) is 71.4 Å². The van der Waals surface area contributed by atoms with Crippen LogP contribution in [0.5, 0.6) is 11.5 Å². The predicted octanol–water partition coefficient (Wildman–Crippen LogP) is 6.86. The summed E-state index contributed by atoms with van der Waals surface area (Å²) in [4.78, 5) is 12.0. The molecule has 2 heterocycles. The standard InChI is InChI=1S/C27H30F3NO4/c1-4-33-26(32)15-19-6-5-11-31-23-9-8-21(13-20(23)14-24(19)31)34-16-18-7-10-25(35-17(2)3)22(12-18)27(28,29)30/h7-10,12-14,17,19H,4-6,11,15-16H2,1-3H3. The molecule has 188 valence electrons. The first kappa shape index (κ1) is 24.9. The smallest absolute Gasteiger partial charge is 0.419 e. The molecule has 0 N–H and O–H groups in total. The molecule has 0 aliphatic carbocycles. The molecular weight excluding hydrogens is 459 g/mol. The molecule has 0 spiro atoms. The van der Waals surface area contributed by atoms with Crippen molar-refractivity contribution in [2.24, 2.45) is 0 Å². The third-order valence-electron chi connectivity index (χ3n) is 6.09. The first-order valence-electron chi connectivity index (χ1n) is 11.9. The second-order valence-corrected chi connectivity index (χ2v) is 9.07. The molecule has 0 saturated carbocycles. The number of esters is 1. The van der Waals surface area contributed by atoms with Crippen molar-refractivity contribution in [3.63, 3.8) is 0 Å². The first-order valence-corrected chi connectivity index (χ1v) is 11.9. The van der Waals surface area contributed by atoms with Crippen LogP contribution in [0, 0.1) is 0 Å². The summed E-state index contributed by atoms with van der Waals surface area (Å²) in [5, 5.41) is 0.977. The van der Waals surface area contributed by atoms with E-state index in [-0.39, 0.29) is 30.3 Å². The van der Waals surface area contributed by atoms with E-state index in [1.54, 1.807) is 26.8 Å². The molecule has 35 heavy (non-hydrogen) atoms. The van der Waals surface area contributed by atoms with Crippen LogP contribution in [0.15, 0.2) is 42.5 Å². The minimum absolute atomic E-state index is 0.00437. The van der Waals surface area contributed by atoms with Crippen LogP contribution in [0.4, 0.5) is 13.2 Å². The summed E-state index contributed by atoms with van der Waals surface area (Å²) in [5.74, 6) is 0.295. The van der Waals surface area contributed by atoms with E-state index < -0.39 is 11.7 Å². The van der Waals surface area contributed by atoms with Crippen LogP contribution in [-0.4, -0.2) is 23.2 Å². The van der Waals surface area contributed by atoms with Crippen LogP contribution >= 0.6 is 0 Å². The summed E-state index contributed by atoms with van der Waals surface area (Å²) in [6, 6.07) is 11.8. The fraction of sp³-hybridized carbons (Fsp3) is 0.444. The summed E-state index contributed by atoms with van der Waals surface area (Å²) >= 11 is 0. The number of halogens is 3. The molecule has 0 bridgehead atoms. The van der Waals surface area contributed by atoms with Crippen molar-refractivity contribution in [3.8, 4) is 11.5 Å². The van der Waals surface area contributed by atoms with Gasteiger partial charge in [0.25, 0.3) is 0 Å². The third-order valence-corrected chi connectivity index (χ3v) is 6.09. The average Bonchev–Trinajstić information content (AvgIpc) is 3.16. The van der Waals surface area contributed by atoms with E-state index >= 15 is 0 Å². The van der Waals surface area contributed by atoms with Gasteiger partial charge in [-0.15, -0.1) is 0 Å². The fourth-order valence-electron chi connectivity index (χ4n) is 4.63. The molecular formula is C27H30F3NO4. The molecule has 4 rings (SSSR count). The molecule has 0 amide bonds. The Hall–Kier alpha value is -3.16.